The van der Waals surface area contributed by atoms with Gasteiger partial charge in [0.15, 0.2) is 5.78 Å². The zero-order chi connectivity index (χ0) is 13.7. The lowest BCUT2D eigenvalue weighted by molar-refractivity contribution is 0.0443. The number of hydrogen-bond acceptors (Lipinski definition) is 2. The summed E-state index contributed by atoms with van der Waals surface area (Å²) in [5.74, 6) is 0.677. The fourth-order valence-electron chi connectivity index (χ4n) is 1.69. The van der Waals surface area contributed by atoms with Gasteiger partial charge in [-0.3, -0.25) is 4.79 Å². The molecule has 1 aromatic rings. The second-order valence-corrected chi connectivity index (χ2v) is 5.36. The molecular weight excluding hydrogens is 224 g/mol. The average Bonchev–Trinajstić information content (AvgIpc) is 2.31. The quantitative estimate of drug-likeness (QED) is 0.713. The first kappa shape index (κ1) is 14.9. The number of Topliss-reactive ketones (excluding diaryl/α,β-unsaturated/α-hetero) is 1. The van der Waals surface area contributed by atoms with Gasteiger partial charge in [-0.25, -0.2) is 0 Å². The Bertz CT molecular complexity index is 408. The van der Waals surface area contributed by atoms with Gasteiger partial charge in [-0.05, 0) is 50.3 Å². The van der Waals surface area contributed by atoms with E-state index in [1.54, 1.807) is 0 Å². The summed E-state index contributed by atoms with van der Waals surface area (Å²) in [7, 11) is 0. The highest BCUT2D eigenvalue weighted by Crippen LogP contribution is 2.13. The average molecular weight is 248 g/mol. The molecule has 1 rings (SSSR count). The molecular formula is C16H24O2. The van der Waals surface area contributed by atoms with Crippen LogP contribution in [0.5, 0.6) is 0 Å². The van der Waals surface area contributed by atoms with Gasteiger partial charge in [0.1, 0.15) is 6.10 Å². The van der Waals surface area contributed by atoms with E-state index in [4.69, 9.17) is 4.74 Å². The van der Waals surface area contributed by atoms with E-state index in [1.165, 1.54) is 5.56 Å². The van der Waals surface area contributed by atoms with Crippen LogP contribution in [0.1, 0.15) is 48.7 Å². The van der Waals surface area contributed by atoms with E-state index in [0.717, 1.165) is 17.5 Å². The Hall–Kier alpha value is -1.15. The first-order valence-electron chi connectivity index (χ1n) is 6.65. The molecule has 0 spiro atoms. The van der Waals surface area contributed by atoms with Crippen molar-refractivity contribution in [2.45, 2.75) is 47.1 Å². The van der Waals surface area contributed by atoms with Crippen LogP contribution in [0.2, 0.25) is 0 Å². The number of carbonyl (C=O) groups excluding carboxylic acids is 1. The molecule has 1 aromatic carbocycles. The summed E-state index contributed by atoms with van der Waals surface area (Å²) >= 11 is 0. The molecule has 0 saturated heterocycles. The van der Waals surface area contributed by atoms with Gasteiger partial charge in [0.05, 0.1) is 0 Å². The largest absolute Gasteiger partial charge is 0.370 e. The number of hydrogen-bond donors (Lipinski definition) is 0. The maximum Gasteiger partial charge on any atom is 0.191 e. The molecule has 0 saturated carbocycles. The van der Waals surface area contributed by atoms with Gasteiger partial charge in [-0.15, -0.1) is 0 Å². The highest BCUT2D eigenvalue weighted by atomic mass is 16.5. The molecule has 0 aliphatic heterocycles. The molecule has 0 N–H and O–H groups in total. The highest BCUT2D eigenvalue weighted by molar-refractivity contribution is 5.99. The third kappa shape index (κ3) is 4.26. The summed E-state index contributed by atoms with van der Waals surface area (Å²) in [4.78, 5) is 12.2. The molecule has 100 valence electrons. The van der Waals surface area contributed by atoms with Gasteiger partial charge in [0, 0.05) is 12.2 Å². The molecule has 0 aliphatic carbocycles. The van der Waals surface area contributed by atoms with E-state index in [2.05, 4.69) is 13.8 Å². The van der Waals surface area contributed by atoms with Crippen molar-refractivity contribution in [2.75, 3.05) is 6.61 Å². The molecule has 0 fully saturated rings. The minimum absolute atomic E-state index is 0.0712. The molecule has 2 heteroatoms. The van der Waals surface area contributed by atoms with Crippen molar-refractivity contribution in [3.05, 3.63) is 34.9 Å². The van der Waals surface area contributed by atoms with Gasteiger partial charge >= 0.3 is 0 Å². The van der Waals surface area contributed by atoms with Crippen LogP contribution < -0.4 is 0 Å². The van der Waals surface area contributed by atoms with E-state index in [0.29, 0.717) is 12.5 Å². The van der Waals surface area contributed by atoms with Crippen LogP contribution >= 0.6 is 0 Å². The predicted octanol–water partition coefficient (Wildman–Crippen LogP) is 3.94. The lowest BCUT2D eigenvalue weighted by Crippen LogP contribution is -2.22. The number of benzene rings is 1. The van der Waals surface area contributed by atoms with E-state index in [9.17, 15) is 4.79 Å². The topological polar surface area (TPSA) is 26.3 Å². The number of ketones is 1. The van der Waals surface area contributed by atoms with Crippen molar-refractivity contribution >= 4 is 5.78 Å². The molecule has 1 unspecified atom stereocenters. The van der Waals surface area contributed by atoms with Gasteiger partial charge < -0.3 is 4.74 Å². The van der Waals surface area contributed by atoms with Gasteiger partial charge in [-0.1, -0.05) is 26.0 Å². The molecule has 2 nitrogen and oxygen atoms in total. The Labute approximate surface area is 110 Å². The number of rotatable bonds is 6. The van der Waals surface area contributed by atoms with Crippen LogP contribution in [0.4, 0.5) is 0 Å². The summed E-state index contributed by atoms with van der Waals surface area (Å²) in [6.45, 7) is 10.9. The summed E-state index contributed by atoms with van der Waals surface area (Å²) < 4.78 is 5.59. The van der Waals surface area contributed by atoms with E-state index in [-0.39, 0.29) is 11.9 Å². The van der Waals surface area contributed by atoms with Crippen molar-refractivity contribution in [3.8, 4) is 0 Å². The first-order valence-corrected chi connectivity index (χ1v) is 6.65. The van der Waals surface area contributed by atoms with Crippen LogP contribution in [-0.4, -0.2) is 18.5 Å². The minimum atomic E-state index is -0.356. The maximum absolute atomic E-state index is 12.2. The van der Waals surface area contributed by atoms with Crippen LogP contribution in [0, 0.1) is 19.8 Å². The number of ether oxygens (including phenoxy) is 1. The van der Waals surface area contributed by atoms with Crippen LogP contribution in [0.3, 0.4) is 0 Å². The van der Waals surface area contributed by atoms with Crippen molar-refractivity contribution in [3.63, 3.8) is 0 Å². The van der Waals surface area contributed by atoms with Crippen molar-refractivity contribution in [1.82, 2.24) is 0 Å². The summed E-state index contributed by atoms with van der Waals surface area (Å²) in [5.41, 5.74) is 3.10. The lowest BCUT2D eigenvalue weighted by atomic mass is 10.0. The molecule has 0 radical (unpaired) electrons. The summed E-state index contributed by atoms with van der Waals surface area (Å²) in [5, 5.41) is 0. The van der Waals surface area contributed by atoms with Crippen LogP contribution in [0.25, 0.3) is 0 Å². The van der Waals surface area contributed by atoms with Crippen LogP contribution in [-0.2, 0) is 4.74 Å². The zero-order valence-corrected chi connectivity index (χ0v) is 12.1. The summed E-state index contributed by atoms with van der Waals surface area (Å²) in [6, 6.07) is 5.82. The first-order chi connectivity index (χ1) is 8.41. The van der Waals surface area contributed by atoms with E-state index < -0.39 is 0 Å². The Balaban J connectivity index is 2.60. The van der Waals surface area contributed by atoms with Gasteiger partial charge in [0.2, 0.25) is 0 Å². The minimum Gasteiger partial charge on any atom is -0.370 e. The predicted molar refractivity (Wildman–Crippen MR) is 75.1 cm³/mol. The zero-order valence-electron chi connectivity index (χ0n) is 12.1. The third-order valence-corrected chi connectivity index (χ3v) is 3.22. The Morgan fingerprint density at radius 1 is 1.17 bits per heavy atom. The normalized spacial score (nSPS) is 12.8. The van der Waals surface area contributed by atoms with E-state index >= 15 is 0 Å². The van der Waals surface area contributed by atoms with Crippen molar-refractivity contribution < 1.29 is 9.53 Å². The standard InChI is InChI=1S/C16H24O2/c1-11(2)8-9-18-14(5)16(17)15-7-6-12(3)13(4)10-15/h6-7,10-11,14H,8-9H2,1-5H3. The van der Waals surface area contributed by atoms with Crippen LogP contribution in [0.15, 0.2) is 18.2 Å². The van der Waals surface area contributed by atoms with E-state index in [1.807, 2.05) is 39.0 Å². The second kappa shape index (κ2) is 6.69. The highest BCUT2D eigenvalue weighted by Gasteiger charge is 2.16. The molecule has 18 heavy (non-hydrogen) atoms. The Morgan fingerprint density at radius 3 is 2.39 bits per heavy atom. The van der Waals surface area contributed by atoms with Gasteiger partial charge in [0.25, 0.3) is 0 Å². The fourth-order valence-corrected chi connectivity index (χ4v) is 1.69. The molecule has 0 bridgehead atoms. The molecule has 1 atom stereocenters. The molecule has 0 heterocycles. The monoisotopic (exact) mass is 248 g/mol. The lowest BCUT2D eigenvalue weighted by Gasteiger charge is -2.14. The van der Waals surface area contributed by atoms with Crippen molar-refractivity contribution in [2.24, 2.45) is 5.92 Å². The fraction of sp³-hybridized carbons (Fsp3) is 0.562. The Morgan fingerprint density at radius 2 is 1.83 bits per heavy atom. The molecule has 0 aliphatic rings. The number of aryl methyl sites for hydroxylation is 2. The second-order valence-electron chi connectivity index (χ2n) is 5.36. The Kier molecular flexibility index (Phi) is 5.54. The van der Waals surface area contributed by atoms with Gasteiger partial charge in [-0.2, -0.15) is 0 Å². The molecule has 0 aromatic heterocycles. The van der Waals surface area contributed by atoms with Crippen molar-refractivity contribution in [1.29, 1.82) is 0 Å². The SMILES string of the molecule is Cc1ccc(C(=O)C(C)OCCC(C)C)cc1C. The maximum atomic E-state index is 12.2. The summed E-state index contributed by atoms with van der Waals surface area (Å²) in [6.07, 6.45) is 0.635. The number of carbonyl (C=O) groups is 1. The molecule has 0 amide bonds. The smallest absolute Gasteiger partial charge is 0.191 e. The third-order valence-electron chi connectivity index (χ3n) is 3.22.